The molecule has 0 aromatic heterocycles. The first-order valence-electron chi connectivity index (χ1n) is 13.0. The van der Waals surface area contributed by atoms with Gasteiger partial charge in [-0.15, -0.1) is 0 Å². The Hall–Kier alpha value is -1.38. The van der Waals surface area contributed by atoms with Crippen LogP contribution in [0.25, 0.3) is 0 Å². The summed E-state index contributed by atoms with van der Waals surface area (Å²) >= 11 is 0. The third-order valence-electron chi connectivity index (χ3n) is 8.86. The van der Waals surface area contributed by atoms with Crippen LogP contribution < -0.4 is 0 Å². The van der Waals surface area contributed by atoms with Crippen LogP contribution in [0.4, 0.5) is 4.39 Å². The van der Waals surface area contributed by atoms with Crippen LogP contribution in [0.2, 0.25) is 0 Å². The minimum atomic E-state index is -0.568. The van der Waals surface area contributed by atoms with Crippen molar-refractivity contribution >= 4 is 5.97 Å². The van der Waals surface area contributed by atoms with E-state index in [1.54, 1.807) is 12.1 Å². The summed E-state index contributed by atoms with van der Waals surface area (Å²) in [4.78, 5) is 11.8. The number of aryl methyl sites for hydroxylation is 1. The van der Waals surface area contributed by atoms with Gasteiger partial charge in [-0.05, 0) is 104 Å². The molecular weight excluding hydrogens is 387 g/mol. The summed E-state index contributed by atoms with van der Waals surface area (Å²) in [5.74, 6) is 3.39. The molecule has 5 unspecified atom stereocenters. The molecule has 4 rings (SSSR count). The summed E-state index contributed by atoms with van der Waals surface area (Å²) in [5, 5.41) is 0. The van der Waals surface area contributed by atoms with Gasteiger partial charge in [0, 0.05) is 0 Å². The number of carbonyl (C=O) groups excluding carboxylic acids is 1. The average Bonchev–Trinajstić information content (AvgIpc) is 2.80. The van der Waals surface area contributed by atoms with Crippen molar-refractivity contribution in [3.63, 3.8) is 0 Å². The smallest absolute Gasteiger partial charge is 0.340 e. The van der Waals surface area contributed by atoms with Gasteiger partial charge in [0.1, 0.15) is 5.82 Å². The zero-order valence-electron chi connectivity index (χ0n) is 19.6. The Kier molecular flexibility index (Phi) is 7.72. The number of unbranched alkanes of at least 4 members (excludes halogenated alkanes) is 3. The maximum Gasteiger partial charge on any atom is 0.340 e. The highest BCUT2D eigenvalue weighted by Gasteiger charge is 2.38. The van der Waals surface area contributed by atoms with Gasteiger partial charge in [0.25, 0.3) is 0 Å². The van der Waals surface area contributed by atoms with Gasteiger partial charge in [0.05, 0.1) is 12.7 Å². The zero-order chi connectivity index (χ0) is 21.8. The lowest BCUT2D eigenvalue weighted by Gasteiger charge is -2.45. The molecule has 2 nitrogen and oxygen atoms in total. The number of ether oxygens (including phenoxy) is 1. The van der Waals surface area contributed by atoms with Crippen LogP contribution in [-0.4, -0.2) is 13.1 Å². The Morgan fingerprint density at radius 2 is 1.68 bits per heavy atom. The van der Waals surface area contributed by atoms with Gasteiger partial charge in [0.15, 0.2) is 0 Å². The molecule has 0 amide bonds. The van der Waals surface area contributed by atoms with E-state index in [0.29, 0.717) is 5.92 Å². The second-order valence-corrected chi connectivity index (χ2v) is 10.7. The summed E-state index contributed by atoms with van der Waals surface area (Å²) in [7, 11) is 1.31. The number of esters is 1. The Bertz CT molecular complexity index is 758. The highest BCUT2D eigenvalue weighted by molar-refractivity contribution is 5.90. The third kappa shape index (κ3) is 5.34. The normalized spacial score (nSPS) is 30.4. The fraction of sp³-hybridized carbons (Fsp3) is 0.750. The second kappa shape index (κ2) is 10.5. The van der Waals surface area contributed by atoms with Gasteiger partial charge in [0.2, 0.25) is 0 Å². The first-order chi connectivity index (χ1) is 15.1. The lowest BCUT2D eigenvalue weighted by molar-refractivity contribution is 0.0595. The summed E-state index contributed by atoms with van der Waals surface area (Å²) in [6.07, 6.45) is 18.8. The van der Waals surface area contributed by atoms with Crippen molar-refractivity contribution < 1.29 is 13.9 Å². The van der Waals surface area contributed by atoms with Crippen molar-refractivity contribution in [2.75, 3.05) is 7.11 Å². The van der Waals surface area contributed by atoms with Crippen LogP contribution in [0.1, 0.15) is 105 Å². The number of benzene rings is 1. The van der Waals surface area contributed by atoms with Gasteiger partial charge in [-0.2, -0.15) is 0 Å². The molecular formula is C28H41FO2. The van der Waals surface area contributed by atoms with Crippen molar-refractivity contribution in [1.29, 1.82) is 0 Å². The van der Waals surface area contributed by atoms with Crippen LogP contribution in [0.15, 0.2) is 12.1 Å². The lowest BCUT2D eigenvalue weighted by Crippen LogP contribution is -2.35. The topological polar surface area (TPSA) is 26.3 Å². The molecule has 2 saturated carbocycles. The number of hydrogen-bond donors (Lipinski definition) is 0. The van der Waals surface area contributed by atoms with Crippen LogP contribution >= 0.6 is 0 Å². The second-order valence-electron chi connectivity index (χ2n) is 10.7. The van der Waals surface area contributed by atoms with E-state index < -0.39 is 11.8 Å². The maximum atomic E-state index is 14.5. The largest absolute Gasteiger partial charge is 0.465 e. The quantitative estimate of drug-likeness (QED) is 0.331. The molecule has 31 heavy (non-hydrogen) atoms. The highest BCUT2D eigenvalue weighted by Crippen LogP contribution is 2.49. The van der Waals surface area contributed by atoms with Crippen LogP contribution in [0, 0.1) is 35.4 Å². The first-order valence-corrected chi connectivity index (χ1v) is 13.0. The third-order valence-corrected chi connectivity index (χ3v) is 8.86. The minimum Gasteiger partial charge on any atom is -0.465 e. The van der Waals surface area contributed by atoms with Crippen molar-refractivity contribution in [1.82, 2.24) is 0 Å². The molecule has 1 aromatic rings. The van der Waals surface area contributed by atoms with E-state index in [1.165, 1.54) is 84.2 Å². The number of carbonyl (C=O) groups is 1. The predicted molar refractivity (Wildman–Crippen MR) is 124 cm³/mol. The number of methoxy groups -OCH3 is 1. The molecule has 0 heterocycles. The standard InChI is InChI=1S/C28H41FO2/c1-3-4-5-6-7-19-8-9-21-15-22(11-10-20(21)14-19)23-12-13-24-17-26(28(30)31-2)27(29)18-25(24)16-23/h17-23H,3-16H2,1-2H3. The fourth-order valence-corrected chi connectivity index (χ4v) is 7.05. The molecule has 1 aromatic carbocycles. The van der Waals surface area contributed by atoms with Gasteiger partial charge in [-0.3, -0.25) is 0 Å². The Morgan fingerprint density at radius 1 is 0.935 bits per heavy atom. The molecule has 3 aliphatic rings. The number of halogens is 1. The van der Waals surface area contributed by atoms with Gasteiger partial charge < -0.3 is 4.74 Å². The number of hydrogen-bond acceptors (Lipinski definition) is 2. The molecule has 2 fully saturated rings. The summed E-state index contributed by atoms with van der Waals surface area (Å²) < 4.78 is 19.2. The molecule has 5 atom stereocenters. The van der Waals surface area contributed by atoms with E-state index in [0.717, 1.165) is 47.6 Å². The van der Waals surface area contributed by atoms with Crippen LogP contribution in [-0.2, 0) is 17.6 Å². The van der Waals surface area contributed by atoms with Crippen molar-refractivity contribution in [3.05, 3.63) is 34.6 Å². The monoisotopic (exact) mass is 428 g/mol. The number of rotatable bonds is 7. The van der Waals surface area contributed by atoms with Crippen LogP contribution in [0.5, 0.6) is 0 Å². The highest BCUT2D eigenvalue weighted by atomic mass is 19.1. The molecule has 0 spiro atoms. The molecule has 0 saturated heterocycles. The lowest BCUT2D eigenvalue weighted by atomic mass is 9.61. The van der Waals surface area contributed by atoms with Crippen LogP contribution in [0.3, 0.4) is 0 Å². The summed E-state index contributed by atoms with van der Waals surface area (Å²) in [6, 6.07) is 3.36. The van der Waals surface area contributed by atoms with Crippen molar-refractivity contribution in [2.45, 2.75) is 96.8 Å². The predicted octanol–water partition coefficient (Wildman–Crippen LogP) is 7.52. The molecule has 0 radical (unpaired) electrons. The van der Waals surface area contributed by atoms with E-state index >= 15 is 0 Å². The van der Waals surface area contributed by atoms with E-state index in [9.17, 15) is 9.18 Å². The van der Waals surface area contributed by atoms with Gasteiger partial charge in [-0.1, -0.05) is 45.4 Å². The van der Waals surface area contributed by atoms with Crippen molar-refractivity contribution in [3.8, 4) is 0 Å². The van der Waals surface area contributed by atoms with E-state index in [4.69, 9.17) is 4.74 Å². The van der Waals surface area contributed by atoms with E-state index in [1.807, 2.05) is 0 Å². The fourth-order valence-electron chi connectivity index (χ4n) is 7.05. The molecule has 3 aliphatic carbocycles. The molecule has 0 aliphatic heterocycles. The van der Waals surface area contributed by atoms with Crippen molar-refractivity contribution in [2.24, 2.45) is 29.6 Å². The number of fused-ring (bicyclic) bond motifs is 2. The van der Waals surface area contributed by atoms with E-state index in [2.05, 4.69) is 6.92 Å². The first kappa shape index (κ1) is 22.8. The average molecular weight is 429 g/mol. The Labute approximate surface area is 188 Å². The summed E-state index contributed by atoms with van der Waals surface area (Å²) in [6.45, 7) is 2.30. The molecule has 172 valence electrons. The molecule has 0 N–H and O–H groups in total. The minimum absolute atomic E-state index is 0.0895. The summed E-state index contributed by atoms with van der Waals surface area (Å²) in [5.41, 5.74) is 2.36. The zero-order valence-corrected chi connectivity index (χ0v) is 19.6. The van der Waals surface area contributed by atoms with E-state index in [-0.39, 0.29) is 5.56 Å². The Balaban J connectivity index is 1.31. The maximum absolute atomic E-state index is 14.5. The Morgan fingerprint density at radius 3 is 2.45 bits per heavy atom. The molecule has 3 heteroatoms. The van der Waals surface area contributed by atoms with Gasteiger partial charge >= 0.3 is 5.97 Å². The molecule has 0 bridgehead atoms. The SMILES string of the molecule is CCCCCCC1CCC2CC(C3CCc4cc(C(=O)OC)c(F)cc4C3)CCC2C1. The van der Waals surface area contributed by atoms with Gasteiger partial charge in [-0.25, -0.2) is 9.18 Å².